The topological polar surface area (TPSA) is 33.5 Å². The molecule has 14 heavy (non-hydrogen) atoms. The number of hydrogen-bond donors (Lipinski definition) is 0. The number of nitrogens with zero attached hydrogens (tertiary/aromatic N) is 1. The Morgan fingerprint density at radius 1 is 1.64 bits per heavy atom. The number of carbonyl (C=O) groups is 1. The van der Waals surface area contributed by atoms with Gasteiger partial charge >= 0.3 is 0 Å². The molecule has 1 rings (SSSR count). The van der Waals surface area contributed by atoms with E-state index in [1.54, 1.807) is 18.4 Å². The van der Waals surface area contributed by atoms with Crippen molar-refractivity contribution in [2.75, 3.05) is 6.54 Å². The lowest BCUT2D eigenvalue weighted by molar-refractivity contribution is -0.130. The third kappa shape index (κ3) is 2.93. The molecule has 0 aliphatic heterocycles. The third-order valence-corrected chi connectivity index (χ3v) is 2.18. The van der Waals surface area contributed by atoms with Crippen LogP contribution in [-0.4, -0.2) is 22.2 Å². The molecule has 0 bridgehead atoms. The number of furan rings is 1. The average Bonchev–Trinajstić information content (AvgIpc) is 2.65. The van der Waals surface area contributed by atoms with Crippen molar-refractivity contribution in [2.45, 2.75) is 18.3 Å². The van der Waals surface area contributed by atoms with Gasteiger partial charge in [-0.05, 0) is 19.1 Å². The molecule has 1 aromatic heterocycles. The second-order valence-electron chi connectivity index (χ2n) is 2.73. The summed E-state index contributed by atoms with van der Waals surface area (Å²) < 4.78 is 5.12. The summed E-state index contributed by atoms with van der Waals surface area (Å²) in [6, 6.07) is 3.57. The first-order chi connectivity index (χ1) is 6.65. The Hall–Kier alpha value is -0.670. The van der Waals surface area contributed by atoms with Crippen LogP contribution in [0.5, 0.6) is 0 Å². The maximum atomic E-state index is 11.4. The highest BCUT2D eigenvalue weighted by atomic mass is 35.5. The minimum atomic E-state index is -1.01. The van der Waals surface area contributed by atoms with E-state index in [0.717, 1.165) is 0 Å². The van der Waals surface area contributed by atoms with E-state index in [-0.39, 0.29) is 5.91 Å². The van der Waals surface area contributed by atoms with E-state index in [4.69, 9.17) is 27.6 Å². The average molecular weight is 236 g/mol. The fraction of sp³-hybridized carbons (Fsp3) is 0.444. The van der Waals surface area contributed by atoms with Crippen molar-refractivity contribution in [1.82, 2.24) is 4.90 Å². The Morgan fingerprint density at radius 3 is 2.79 bits per heavy atom. The summed E-state index contributed by atoms with van der Waals surface area (Å²) in [5.41, 5.74) is 0. The Labute approximate surface area is 92.6 Å². The molecule has 0 fully saturated rings. The second kappa shape index (κ2) is 5.27. The van der Waals surface area contributed by atoms with Gasteiger partial charge in [0.2, 0.25) is 0 Å². The highest BCUT2D eigenvalue weighted by Crippen LogP contribution is 2.11. The van der Waals surface area contributed by atoms with Crippen LogP contribution in [0.25, 0.3) is 0 Å². The molecule has 0 aromatic carbocycles. The predicted octanol–water partition coefficient (Wildman–Crippen LogP) is 2.43. The molecular weight excluding hydrogens is 225 g/mol. The molecule has 0 aliphatic carbocycles. The van der Waals surface area contributed by atoms with Crippen molar-refractivity contribution in [1.29, 1.82) is 0 Å². The van der Waals surface area contributed by atoms with E-state index >= 15 is 0 Å². The fourth-order valence-electron chi connectivity index (χ4n) is 1.07. The molecule has 5 heteroatoms. The summed E-state index contributed by atoms with van der Waals surface area (Å²) in [7, 11) is 0. The number of hydrogen-bond acceptors (Lipinski definition) is 2. The second-order valence-corrected chi connectivity index (χ2v) is 3.83. The van der Waals surface area contributed by atoms with Gasteiger partial charge in [-0.1, -0.05) is 23.2 Å². The Morgan fingerprint density at radius 2 is 2.36 bits per heavy atom. The van der Waals surface area contributed by atoms with E-state index < -0.39 is 4.84 Å². The van der Waals surface area contributed by atoms with E-state index in [2.05, 4.69) is 0 Å². The normalized spacial score (nSPS) is 10.6. The minimum Gasteiger partial charge on any atom is -0.467 e. The largest absolute Gasteiger partial charge is 0.467 e. The SMILES string of the molecule is CCN(Cc1ccco1)C(=O)C(Cl)Cl. The van der Waals surface area contributed by atoms with Gasteiger partial charge in [0.25, 0.3) is 5.91 Å². The van der Waals surface area contributed by atoms with Gasteiger partial charge in [-0.15, -0.1) is 0 Å². The molecule has 0 aliphatic rings. The van der Waals surface area contributed by atoms with Crippen LogP contribution in [0.15, 0.2) is 22.8 Å². The molecule has 0 unspecified atom stereocenters. The van der Waals surface area contributed by atoms with E-state index in [1.807, 2.05) is 6.92 Å². The highest BCUT2D eigenvalue weighted by Gasteiger charge is 2.19. The third-order valence-electron chi connectivity index (χ3n) is 1.81. The lowest BCUT2D eigenvalue weighted by Gasteiger charge is -2.19. The molecule has 0 saturated carbocycles. The summed E-state index contributed by atoms with van der Waals surface area (Å²) in [5.74, 6) is 0.418. The van der Waals surface area contributed by atoms with Crippen LogP contribution in [0, 0.1) is 0 Å². The molecule has 0 saturated heterocycles. The Kier molecular flexibility index (Phi) is 4.29. The van der Waals surface area contributed by atoms with Crippen LogP contribution in [0.1, 0.15) is 12.7 Å². The van der Waals surface area contributed by atoms with Gasteiger partial charge in [-0.25, -0.2) is 0 Å². The molecule has 1 aromatic rings. The molecule has 0 radical (unpaired) electrons. The predicted molar refractivity (Wildman–Crippen MR) is 55.3 cm³/mol. The fourth-order valence-corrected chi connectivity index (χ4v) is 1.35. The zero-order valence-corrected chi connectivity index (χ0v) is 9.26. The van der Waals surface area contributed by atoms with Gasteiger partial charge in [0, 0.05) is 6.54 Å². The summed E-state index contributed by atoms with van der Waals surface area (Å²) in [5, 5.41) is 0. The summed E-state index contributed by atoms with van der Waals surface area (Å²) in [6.07, 6.45) is 1.56. The summed E-state index contributed by atoms with van der Waals surface area (Å²) in [4.78, 5) is 11.9. The van der Waals surface area contributed by atoms with Gasteiger partial charge in [-0.2, -0.15) is 0 Å². The lowest BCUT2D eigenvalue weighted by atomic mass is 10.4. The zero-order valence-electron chi connectivity index (χ0n) is 7.74. The van der Waals surface area contributed by atoms with Gasteiger partial charge in [0.05, 0.1) is 12.8 Å². The Bertz CT molecular complexity index is 285. The van der Waals surface area contributed by atoms with Crippen molar-refractivity contribution in [3.05, 3.63) is 24.2 Å². The first-order valence-electron chi connectivity index (χ1n) is 4.24. The number of alkyl halides is 2. The number of rotatable bonds is 4. The summed E-state index contributed by atoms with van der Waals surface area (Å²) in [6.45, 7) is 2.81. The first kappa shape index (κ1) is 11.4. The highest BCUT2D eigenvalue weighted by molar-refractivity contribution is 6.53. The molecule has 78 valence electrons. The van der Waals surface area contributed by atoms with Gasteiger partial charge in [0.1, 0.15) is 5.76 Å². The van der Waals surface area contributed by atoms with Crippen molar-refractivity contribution in [2.24, 2.45) is 0 Å². The van der Waals surface area contributed by atoms with E-state index in [1.165, 1.54) is 4.90 Å². The lowest BCUT2D eigenvalue weighted by Crippen LogP contribution is -2.34. The molecule has 0 N–H and O–H groups in total. The van der Waals surface area contributed by atoms with Crippen LogP contribution < -0.4 is 0 Å². The van der Waals surface area contributed by atoms with Crippen molar-refractivity contribution < 1.29 is 9.21 Å². The maximum Gasteiger partial charge on any atom is 0.256 e. The molecular formula is C9H11Cl2NO2. The van der Waals surface area contributed by atoms with Crippen LogP contribution in [-0.2, 0) is 11.3 Å². The number of amides is 1. The van der Waals surface area contributed by atoms with Crippen molar-refractivity contribution in [3.8, 4) is 0 Å². The standard InChI is InChI=1S/C9H11Cl2NO2/c1-2-12(9(13)8(10)11)6-7-4-3-5-14-7/h3-5,8H,2,6H2,1H3. The Balaban J connectivity index is 2.60. The smallest absolute Gasteiger partial charge is 0.256 e. The molecule has 0 spiro atoms. The van der Waals surface area contributed by atoms with E-state index in [9.17, 15) is 4.79 Å². The minimum absolute atomic E-state index is 0.299. The quantitative estimate of drug-likeness (QED) is 0.752. The van der Waals surface area contributed by atoms with Gasteiger partial charge in [-0.3, -0.25) is 4.79 Å². The van der Waals surface area contributed by atoms with Crippen LogP contribution >= 0.6 is 23.2 Å². The maximum absolute atomic E-state index is 11.4. The van der Waals surface area contributed by atoms with Crippen molar-refractivity contribution >= 4 is 29.1 Å². The first-order valence-corrected chi connectivity index (χ1v) is 5.11. The van der Waals surface area contributed by atoms with E-state index in [0.29, 0.717) is 18.8 Å². The van der Waals surface area contributed by atoms with Crippen LogP contribution in [0.4, 0.5) is 0 Å². The molecule has 0 atom stereocenters. The monoisotopic (exact) mass is 235 g/mol. The molecule has 3 nitrogen and oxygen atoms in total. The zero-order chi connectivity index (χ0) is 10.6. The van der Waals surface area contributed by atoms with Crippen LogP contribution in [0.3, 0.4) is 0 Å². The number of halogens is 2. The summed E-state index contributed by atoms with van der Waals surface area (Å²) >= 11 is 11.0. The van der Waals surface area contributed by atoms with Crippen molar-refractivity contribution in [3.63, 3.8) is 0 Å². The molecule has 1 amide bonds. The number of carbonyl (C=O) groups excluding carboxylic acids is 1. The van der Waals surface area contributed by atoms with Crippen LogP contribution in [0.2, 0.25) is 0 Å². The molecule has 1 heterocycles. The van der Waals surface area contributed by atoms with Gasteiger partial charge in [0.15, 0.2) is 4.84 Å². The van der Waals surface area contributed by atoms with Gasteiger partial charge < -0.3 is 9.32 Å².